The summed E-state index contributed by atoms with van der Waals surface area (Å²) < 4.78 is 25.3. The maximum atomic E-state index is 11.6. The van der Waals surface area contributed by atoms with Gasteiger partial charge in [-0.15, -0.1) is 0 Å². The molecule has 0 aliphatic heterocycles. The minimum Gasteiger partial charge on any atom is -0.346 e. The zero-order valence-corrected chi connectivity index (χ0v) is 13.6. The van der Waals surface area contributed by atoms with E-state index < -0.39 is 9.84 Å². The summed E-state index contributed by atoms with van der Waals surface area (Å²) in [6.45, 7) is 6.22. The van der Waals surface area contributed by atoms with Crippen molar-refractivity contribution in [3.63, 3.8) is 0 Å². The van der Waals surface area contributed by atoms with Gasteiger partial charge >= 0.3 is 0 Å². The molecule has 2 aromatic rings. The molecule has 5 heteroatoms. The third-order valence-electron chi connectivity index (χ3n) is 3.73. The molecule has 0 saturated heterocycles. The summed E-state index contributed by atoms with van der Waals surface area (Å²) in [5.41, 5.74) is 2.37. The Labute approximate surface area is 127 Å². The Balaban J connectivity index is 2.18. The summed E-state index contributed by atoms with van der Waals surface area (Å²) in [7, 11) is -2.93. The monoisotopic (exact) mass is 308 g/mol. The molecule has 21 heavy (non-hydrogen) atoms. The second-order valence-corrected chi connectivity index (χ2v) is 7.74. The largest absolute Gasteiger partial charge is 0.346 e. The first-order valence-electron chi connectivity index (χ1n) is 7.55. The van der Waals surface area contributed by atoms with Crippen LogP contribution in [0.3, 0.4) is 0 Å². The van der Waals surface area contributed by atoms with Crippen LogP contribution in [0.15, 0.2) is 30.5 Å². The molecule has 116 valence electrons. The number of benzene rings is 1. The number of fused-ring (bicyclic) bond motifs is 1. The van der Waals surface area contributed by atoms with E-state index in [0.29, 0.717) is 6.54 Å². The summed E-state index contributed by atoms with van der Waals surface area (Å²) in [6, 6.07) is 8.29. The molecule has 0 fully saturated rings. The van der Waals surface area contributed by atoms with Crippen molar-refractivity contribution in [3.05, 3.63) is 36.0 Å². The number of aryl methyl sites for hydroxylation is 1. The third-order valence-corrected chi connectivity index (χ3v) is 5.41. The fraction of sp³-hybridized carbons (Fsp3) is 0.500. The molecular weight excluding hydrogens is 284 g/mol. The van der Waals surface area contributed by atoms with E-state index in [1.165, 1.54) is 10.9 Å². The second kappa shape index (κ2) is 7.09. The number of rotatable bonds is 8. The highest BCUT2D eigenvalue weighted by atomic mass is 32.2. The predicted molar refractivity (Wildman–Crippen MR) is 88.3 cm³/mol. The van der Waals surface area contributed by atoms with Gasteiger partial charge in [-0.3, -0.25) is 0 Å². The first kappa shape index (κ1) is 16.0. The van der Waals surface area contributed by atoms with Crippen molar-refractivity contribution in [2.45, 2.75) is 33.4 Å². The van der Waals surface area contributed by atoms with E-state index in [1.54, 1.807) is 6.92 Å². The standard InChI is InChI=1S/C16H24N2O2S/c1-3-9-17-13-14-6-5-7-16-15(14)8-10-18(16)11-12-21(19,20)4-2/h5-8,10,17H,3-4,9,11-13H2,1-2H3. The first-order valence-corrected chi connectivity index (χ1v) is 9.37. The number of hydrogen-bond acceptors (Lipinski definition) is 3. The molecule has 1 heterocycles. The highest BCUT2D eigenvalue weighted by Crippen LogP contribution is 2.20. The molecule has 0 radical (unpaired) electrons. The van der Waals surface area contributed by atoms with Gasteiger partial charge in [-0.25, -0.2) is 8.42 Å². The maximum absolute atomic E-state index is 11.6. The minimum atomic E-state index is -2.93. The van der Waals surface area contributed by atoms with Gasteiger partial charge in [-0.2, -0.15) is 0 Å². The van der Waals surface area contributed by atoms with E-state index in [4.69, 9.17) is 0 Å². The van der Waals surface area contributed by atoms with E-state index in [9.17, 15) is 8.42 Å². The summed E-state index contributed by atoms with van der Waals surface area (Å²) >= 11 is 0. The van der Waals surface area contributed by atoms with Crippen molar-refractivity contribution in [3.8, 4) is 0 Å². The van der Waals surface area contributed by atoms with Crippen molar-refractivity contribution in [1.82, 2.24) is 9.88 Å². The average Bonchev–Trinajstić information content (AvgIpc) is 2.90. The molecule has 1 N–H and O–H groups in total. The number of nitrogens with one attached hydrogen (secondary N) is 1. The molecule has 0 unspecified atom stereocenters. The zero-order chi connectivity index (χ0) is 15.3. The van der Waals surface area contributed by atoms with E-state index in [-0.39, 0.29) is 11.5 Å². The molecule has 0 bridgehead atoms. The predicted octanol–water partition coefficient (Wildman–Crippen LogP) is 2.58. The van der Waals surface area contributed by atoms with Crippen molar-refractivity contribution in [2.75, 3.05) is 18.1 Å². The molecule has 0 spiro atoms. The molecule has 0 saturated carbocycles. The summed E-state index contributed by atoms with van der Waals surface area (Å²) in [5, 5.41) is 4.62. The normalized spacial score (nSPS) is 12.1. The molecule has 0 aliphatic carbocycles. The Morgan fingerprint density at radius 3 is 2.71 bits per heavy atom. The third kappa shape index (κ3) is 4.08. The van der Waals surface area contributed by atoms with Crippen molar-refractivity contribution < 1.29 is 8.42 Å². The van der Waals surface area contributed by atoms with Gasteiger partial charge in [0, 0.05) is 35.9 Å². The van der Waals surface area contributed by atoms with Crippen LogP contribution in [0.1, 0.15) is 25.8 Å². The average molecular weight is 308 g/mol. The van der Waals surface area contributed by atoms with E-state index in [2.05, 4.69) is 30.4 Å². The van der Waals surface area contributed by atoms with Gasteiger partial charge in [0.1, 0.15) is 0 Å². The van der Waals surface area contributed by atoms with E-state index >= 15 is 0 Å². The summed E-state index contributed by atoms with van der Waals surface area (Å²) in [5.74, 6) is 0.407. The lowest BCUT2D eigenvalue weighted by molar-refractivity contribution is 0.591. The lowest BCUT2D eigenvalue weighted by Gasteiger charge is -2.08. The van der Waals surface area contributed by atoms with Crippen LogP contribution in [-0.4, -0.2) is 31.0 Å². The Bertz CT molecular complexity index is 689. The molecule has 1 aromatic heterocycles. The van der Waals surface area contributed by atoms with Crippen molar-refractivity contribution in [1.29, 1.82) is 0 Å². The summed E-state index contributed by atoms with van der Waals surface area (Å²) in [4.78, 5) is 0. The van der Waals surface area contributed by atoms with Crippen LogP contribution >= 0.6 is 0 Å². The minimum absolute atomic E-state index is 0.200. The Morgan fingerprint density at radius 1 is 1.19 bits per heavy atom. The molecule has 4 nitrogen and oxygen atoms in total. The van der Waals surface area contributed by atoms with Crippen LogP contribution in [0.4, 0.5) is 0 Å². The number of sulfone groups is 1. The van der Waals surface area contributed by atoms with Gasteiger partial charge in [-0.1, -0.05) is 26.0 Å². The van der Waals surface area contributed by atoms with Crippen LogP contribution < -0.4 is 5.32 Å². The first-order chi connectivity index (χ1) is 10.1. The summed E-state index contributed by atoms with van der Waals surface area (Å²) in [6.07, 6.45) is 3.10. The second-order valence-electron chi connectivity index (χ2n) is 5.27. The smallest absolute Gasteiger partial charge is 0.151 e. The molecule has 0 atom stereocenters. The van der Waals surface area contributed by atoms with Crippen LogP contribution in [0, 0.1) is 0 Å². The zero-order valence-electron chi connectivity index (χ0n) is 12.8. The molecule has 2 rings (SSSR count). The van der Waals surface area contributed by atoms with Crippen LogP contribution in [0.5, 0.6) is 0 Å². The molecule has 1 aromatic carbocycles. The number of hydrogen-bond donors (Lipinski definition) is 1. The fourth-order valence-electron chi connectivity index (χ4n) is 2.42. The van der Waals surface area contributed by atoms with Gasteiger partial charge < -0.3 is 9.88 Å². The highest BCUT2D eigenvalue weighted by molar-refractivity contribution is 7.91. The number of aromatic nitrogens is 1. The van der Waals surface area contributed by atoms with Crippen molar-refractivity contribution >= 4 is 20.7 Å². The Hall–Kier alpha value is -1.33. The lowest BCUT2D eigenvalue weighted by atomic mass is 10.1. The number of nitrogens with zero attached hydrogens (tertiary/aromatic N) is 1. The molecule has 0 amide bonds. The Morgan fingerprint density at radius 2 is 2.00 bits per heavy atom. The SMILES string of the molecule is CCCNCc1cccc2c1ccn2CCS(=O)(=O)CC. The van der Waals surface area contributed by atoms with E-state index in [1.807, 2.05) is 16.8 Å². The van der Waals surface area contributed by atoms with Crippen LogP contribution in [-0.2, 0) is 22.9 Å². The highest BCUT2D eigenvalue weighted by Gasteiger charge is 2.10. The van der Waals surface area contributed by atoms with E-state index in [0.717, 1.165) is 25.0 Å². The van der Waals surface area contributed by atoms with Gasteiger partial charge in [0.25, 0.3) is 0 Å². The molecule has 0 aliphatic rings. The lowest BCUT2D eigenvalue weighted by Crippen LogP contribution is -2.14. The van der Waals surface area contributed by atoms with Gasteiger partial charge in [0.15, 0.2) is 9.84 Å². The quantitative estimate of drug-likeness (QED) is 0.763. The van der Waals surface area contributed by atoms with Gasteiger partial charge in [0.05, 0.1) is 5.75 Å². The Kier molecular flexibility index (Phi) is 5.42. The van der Waals surface area contributed by atoms with Gasteiger partial charge in [0.2, 0.25) is 0 Å². The topological polar surface area (TPSA) is 51.1 Å². The maximum Gasteiger partial charge on any atom is 0.151 e. The van der Waals surface area contributed by atoms with Crippen molar-refractivity contribution in [2.24, 2.45) is 0 Å². The van der Waals surface area contributed by atoms with Crippen LogP contribution in [0.25, 0.3) is 10.9 Å². The van der Waals surface area contributed by atoms with Gasteiger partial charge in [-0.05, 0) is 30.7 Å². The van der Waals surface area contributed by atoms with Crippen LogP contribution in [0.2, 0.25) is 0 Å². The fourth-order valence-corrected chi connectivity index (χ4v) is 3.18. The molecular formula is C16H24N2O2S.